The quantitative estimate of drug-likeness (QED) is 0.631. The first-order chi connectivity index (χ1) is 15.1. The molecule has 2 atom stereocenters. The van der Waals surface area contributed by atoms with Crippen LogP contribution in [0.3, 0.4) is 0 Å². The number of aliphatic hydroxyl groups is 1. The Morgan fingerprint density at radius 1 is 1.19 bits per heavy atom. The fourth-order valence-electron chi connectivity index (χ4n) is 4.99. The molecule has 0 saturated heterocycles. The summed E-state index contributed by atoms with van der Waals surface area (Å²) in [6, 6.07) is 4.28. The molecule has 1 aliphatic heterocycles. The number of ether oxygens (including phenoxy) is 1. The second-order valence-corrected chi connectivity index (χ2v) is 8.87. The van der Waals surface area contributed by atoms with E-state index in [9.17, 15) is 5.11 Å². The van der Waals surface area contributed by atoms with Gasteiger partial charge in [-0.2, -0.15) is 10.1 Å². The first-order valence-electron chi connectivity index (χ1n) is 11.1. The second kappa shape index (κ2) is 8.43. The van der Waals surface area contributed by atoms with Gasteiger partial charge in [-0.3, -0.25) is 0 Å². The SMILES string of the molecule is COc1cc2c(cc1Nc1ncc3cnn(C[C@@H]4CCC[C@H]4CO)c3n1)CN(C)CC2. The Morgan fingerprint density at radius 3 is 2.90 bits per heavy atom. The molecule has 2 N–H and O–H groups in total. The number of hydrogen-bond acceptors (Lipinski definition) is 7. The third kappa shape index (κ3) is 3.97. The van der Waals surface area contributed by atoms with Crippen LogP contribution in [0.4, 0.5) is 11.6 Å². The molecule has 5 rings (SSSR count). The van der Waals surface area contributed by atoms with Gasteiger partial charge in [-0.05, 0) is 61.4 Å². The topological polar surface area (TPSA) is 88.3 Å². The van der Waals surface area contributed by atoms with Gasteiger partial charge < -0.3 is 20.1 Å². The highest BCUT2D eigenvalue weighted by Crippen LogP contribution is 2.34. The van der Waals surface area contributed by atoms with Crippen LogP contribution in [-0.4, -0.2) is 57.1 Å². The molecule has 3 aromatic rings. The zero-order valence-corrected chi connectivity index (χ0v) is 18.2. The summed E-state index contributed by atoms with van der Waals surface area (Å²) in [4.78, 5) is 11.6. The molecule has 0 unspecified atom stereocenters. The molecule has 8 heteroatoms. The number of aliphatic hydroxyl groups excluding tert-OH is 1. The van der Waals surface area contributed by atoms with E-state index in [0.29, 0.717) is 17.8 Å². The number of rotatable bonds is 6. The highest BCUT2D eigenvalue weighted by molar-refractivity contribution is 5.76. The monoisotopic (exact) mass is 422 g/mol. The van der Waals surface area contributed by atoms with Crippen molar-refractivity contribution < 1.29 is 9.84 Å². The van der Waals surface area contributed by atoms with Crippen LogP contribution >= 0.6 is 0 Å². The molecular weight excluding hydrogens is 392 g/mol. The lowest BCUT2D eigenvalue weighted by atomic mass is 9.97. The van der Waals surface area contributed by atoms with Crippen LogP contribution in [0.2, 0.25) is 0 Å². The summed E-state index contributed by atoms with van der Waals surface area (Å²) >= 11 is 0. The Labute approximate surface area is 182 Å². The molecule has 1 saturated carbocycles. The van der Waals surface area contributed by atoms with Crippen molar-refractivity contribution in [1.29, 1.82) is 0 Å². The Balaban J connectivity index is 1.43. The molecule has 0 spiro atoms. The number of anilines is 2. The van der Waals surface area contributed by atoms with Crippen molar-refractivity contribution in [3.63, 3.8) is 0 Å². The first kappa shape index (κ1) is 20.2. The highest BCUT2D eigenvalue weighted by Gasteiger charge is 2.27. The lowest BCUT2D eigenvalue weighted by Gasteiger charge is -2.26. The minimum Gasteiger partial charge on any atom is -0.495 e. The maximum atomic E-state index is 9.66. The highest BCUT2D eigenvalue weighted by atomic mass is 16.5. The van der Waals surface area contributed by atoms with Gasteiger partial charge in [0.1, 0.15) is 5.75 Å². The molecule has 0 bridgehead atoms. The van der Waals surface area contributed by atoms with Crippen molar-refractivity contribution in [2.24, 2.45) is 11.8 Å². The number of nitrogens with one attached hydrogen (secondary N) is 1. The summed E-state index contributed by atoms with van der Waals surface area (Å²) in [5.41, 5.74) is 4.33. The number of nitrogens with zero attached hydrogens (tertiary/aromatic N) is 5. The summed E-state index contributed by atoms with van der Waals surface area (Å²) in [6.45, 7) is 3.01. The third-order valence-electron chi connectivity index (χ3n) is 6.81. The van der Waals surface area contributed by atoms with E-state index in [2.05, 4.69) is 39.5 Å². The fourth-order valence-corrected chi connectivity index (χ4v) is 4.99. The predicted molar refractivity (Wildman–Crippen MR) is 120 cm³/mol. The molecule has 0 amide bonds. The van der Waals surface area contributed by atoms with Crippen LogP contribution in [0.5, 0.6) is 5.75 Å². The van der Waals surface area contributed by atoms with Gasteiger partial charge in [0, 0.05) is 32.4 Å². The minimum atomic E-state index is 0.249. The van der Waals surface area contributed by atoms with Gasteiger partial charge in [0.2, 0.25) is 5.95 Å². The van der Waals surface area contributed by atoms with Gasteiger partial charge in [-0.25, -0.2) is 9.67 Å². The van der Waals surface area contributed by atoms with Crippen molar-refractivity contribution in [2.75, 3.05) is 32.6 Å². The van der Waals surface area contributed by atoms with E-state index in [0.717, 1.165) is 61.4 Å². The Bertz CT molecular complexity index is 1080. The van der Waals surface area contributed by atoms with Gasteiger partial charge in [0.15, 0.2) is 5.65 Å². The summed E-state index contributed by atoms with van der Waals surface area (Å²) in [5, 5.41) is 18.5. The molecule has 1 fully saturated rings. The van der Waals surface area contributed by atoms with Crippen LogP contribution in [0.1, 0.15) is 30.4 Å². The van der Waals surface area contributed by atoms with Crippen LogP contribution in [0.25, 0.3) is 11.0 Å². The van der Waals surface area contributed by atoms with Crippen LogP contribution in [0, 0.1) is 11.8 Å². The number of methoxy groups -OCH3 is 1. The van der Waals surface area contributed by atoms with Crippen molar-refractivity contribution in [2.45, 2.75) is 38.8 Å². The maximum Gasteiger partial charge on any atom is 0.229 e. The summed E-state index contributed by atoms with van der Waals surface area (Å²) in [7, 11) is 3.84. The summed E-state index contributed by atoms with van der Waals surface area (Å²) < 4.78 is 7.60. The number of fused-ring (bicyclic) bond motifs is 2. The molecule has 2 aromatic heterocycles. The average molecular weight is 423 g/mol. The minimum absolute atomic E-state index is 0.249. The number of likely N-dealkylation sites (N-methyl/N-ethyl adjacent to an activating group) is 1. The van der Waals surface area contributed by atoms with Gasteiger partial charge >= 0.3 is 0 Å². The van der Waals surface area contributed by atoms with Crippen LogP contribution in [0.15, 0.2) is 24.5 Å². The Morgan fingerprint density at radius 2 is 2.06 bits per heavy atom. The first-order valence-corrected chi connectivity index (χ1v) is 11.1. The van der Waals surface area contributed by atoms with E-state index in [1.54, 1.807) is 7.11 Å². The molecule has 164 valence electrons. The molecule has 1 aromatic carbocycles. The number of hydrogen-bond donors (Lipinski definition) is 2. The van der Waals surface area contributed by atoms with Gasteiger partial charge in [-0.1, -0.05) is 6.42 Å². The van der Waals surface area contributed by atoms with Crippen LogP contribution in [-0.2, 0) is 19.5 Å². The van der Waals surface area contributed by atoms with E-state index in [1.807, 2.05) is 17.1 Å². The largest absolute Gasteiger partial charge is 0.495 e. The van der Waals surface area contributed by atoms with E-state index < -0.39 is 0 Å². The summed E-state index contributed by atoms with van der Waals surface area (Å²) in [6.07, 6.45) is 8.05. The van der Waals surface area contributed by atoms with Gasteiger partial charge in [0.25, 0.3) is 0 Å². The van der Waals surface area contributed by atoms with E-state index >= 15 is 0 Å². The molecule has 0 radical (unpaired) electrons. The lowest BCUT2D eigenvalue weighted by Crippen LogP contribution is -2.26. The predicted octanol–water partition coefficient (Wildman–Crippen LogP) is 2.98. The average Bonchev–Trinajstić information content (AvgIpc) is 3.40. The zero-order chi connectivity index (χ0) is 21.4. The van der Waals surface area contributed by atoms with Crippen LogP contribution < -0.4 is 10.1 Å². The molecule has 2 aliphatic rings. The van der Waals surface area contributed by atoms with Crippen molar-refractivity contribution in [3.8, 4) is 5.75 Å². The standard InChI is InChI=1S/C23H30N6O2/c1-28-7-6-15-9-21(31-2)20(8-18(15)12-28)26-23-24-10-19-11-25-29(22(19)27-23)13-16-4-3-5-17(16)14-30/h8-11,16-17,30H,3-7,12-14H2,1-2H3,(H,24,26,27)/t16-,17-/m0/s1. The molecule has 8 nitrogen and oxygen atoms in total. The smallest absolute Gasteiger partial charge is 0.229 e. The third-order valence-corrected chi connectivity index (χ3v) is 6.81. The van der Waals surface area contributed by atoms with Crippen molar-refractivity contribution >= 4 is 22.7 Å². The number of aromatic nitrogens is 4. The van der Waals surface area contributed by atoms with Crippen molar-refractivity contribution in [1.82, 2.24) is 24.6 Å². The fraction of sp³-hybridized carbons (Fsp3) is 0.522. The zero-order valence-electron chi connectivity index (χ0n) is 18.2. The normalized spacial score (nSPS) is 21.4. The maximum absolute atomic E-state index is 9.66. The van der Waals surface area contributed by atoms with Gasteiger partial charge in [-0.15, -0.1) is 0 Å². The number of benzene rings is 1. The Hall–Kier alpha value is -2.71. The van der Waals surface area contributed by atoms with Gasteiger partial charge in [0.05, 0.1) is 24.4 Å². The van der Waals surface area contributed by atoms with E-state index in [-0.39, 0.29) is 6.61 Å². The molecule has 3 heterocycles. The summed E-state index contributed by atoms with van der Waals surface area (Å²) in [5.74, 6) is 2.13. The Kier molecular flexibility index (Phi) is 5.50. The molecule has 31 heavy (non-hydrogen) atoms. The molecule has 1 aliphatic carbocycles. The second-order valence-electron chi connectivity index (χ2n) is 8.87. The lowest BCUT2D eigenvalue weighted by molar-refractivity contribution is 0.183. The molecular formula is C23H30N6O2. The van der Waals surface area contributed by atoms with E-state index in [4.69, 9.17) is 9.72 Å². The van der Waals surface area contributed by atoms with Crippen molar-refractivity contribution in [3.05, 3.63) is 35.7 Å². The van der Waals surface area contributed by atoms with E-state index in [1.165, 1.54) is 17.5 Å².